The van der Waals surface area contributed by atoms with Gasteiger partial charge in [-0.15, -0.1) is 0 Å². The average molecular weight is 574 g/mol. The van der Waals surface area contributed by atoms with Crippen LogP contribution < -0.4 is 14.9 Å². The third kappa shape index (κ3) is 5.00. The Labute approximate surface area is 236 Å². The van der Waals surface area contributed by atoms with Crippen molar-refractivity contribution < 1.29 is 28.8 Å². The number of ether oxygens (including phenoxy) is 1. The third-order valence-corrected chi connectivity index (χ3v) is 7.57. The van der Waals surface area contributed by atoms with Crippen molar-refractivity contribution in [2.24, 2.45) is 4.99 Å². The molecular weight excluding hydrogens is 550 g/mol. The number of rotatable bonds is 7. The van der Waals surface area contributed by atoms with E-state index in [4.69, 9.17) is 9.15 Å². The van der Waals surface area contributed by atoms with E-state index in [1.54, 1.807) is 63.2 Å². The number of aryl methyl sites for hydroxylation is 1. The molecule has 11 nitrogen and oxygen atoms in total. The highest BCUT2D eigenvalue weighted by Gasteiger charge is 2.34. The molecule has 0 fully saturated rings. The molecule has 41 heavy (non-hydrogen) atoms. The van der Waals surface area contributed by atoms with Crippen LogP contribution in [0.4, 0.5) is 5.69 Å². The lowest BCUT2D eigenvalue weighted by atomic mass is 9.94. The fourth-order valence-electron chi connectivity index (χ4n) is 4.69. The van der Waals surface area contributed by atoms with Crippen molar-refractivity contribution >= 4 is 35.0 Å². The Hall–Kier alpha value is -5.10. The van der Waals surface area contributed by atoms with Gasteiger partial charge in [0.2, 0.25) is 0 Å². The highest BCUT2D eigenvalue weighted by Crippen LogP contribution is 2.33. The summed E-state index contributed by atoms with van der Waals surface area (Å²) in [7, 11) is 0. The Balaban J connectivity index is 1.67. The quantitative estimate of drug-likeness (QED) is 0.198. The molecule has 2 aromatic heterocycles. The monoisotopic (exact) mass is 573 g/mol. The maximum Gasteiger partial charge on any atom is 0.338 e. The van der Waals surface area contributed by atoms with Gasteiger partial charge in [0.1, 0.15) is 11.5 Å². The molecular formula is C29H23N3O8S. The molecule has 0 bridgehead atoms. The van der Waals surface area contributed by atoms with Crippen LogP contribution in [-0.4, -0.2) is 33.1 Å². The number of thiazole rings is 1. The maximum absolute atomic E-state index is 13.8. The molecule has 0 saturated carbocycles. The van der Waals surface area contributed by atoms with Gasteiger partial charge < -0.3 is 14.3 Å². The second kappa shape index (κ2) is 10.8. The van der Waals surface area contributed by atoms with Crippen LogP contribution in [0.15, 0.2) is 80.1 Å². The SMILES string of the molecule is CCOC(=O)C1=C(C)N=c2s/c(=C/c3ccc(-c4ccccc4C(=O)O)o3)c(=O)n2[C@H]1c1ccc(C)c([N+](=O)[O-])c1. The molecule has 0 amide bonds. The van der Waals surface area contributed by atoms with E-state index in [0.717, 1.165) is 11.3 Å². The lowest BCUT2D eigenvalue weighted by Gasteiger charge is -2.24. The number of aromatic nitrogens is 1. The molecule has 208 valence electrons. The first-order valence-corrected chi connectivity index (χ1v) is 13.3. The molecule has 0 saturated heterocycles. The molecule has 0 spiro atoms. The van der Waals surface area contributed by atoms with Crippen LogP contribution in [0.2, 0.25) is 0 Å². The first kappa shape index (κ1) is 27.5. The lowest BCUT2D eigenvalue weighted by Crippen LogP contribution is -2.40. The van der Waals surface area contributed by atoms with Gasteiger partial charge in [0.05, 0.1) is 38.9 Å². The van der Waals surface area contributed by atoms with Crippen LogP contribution in [0.1, 0.15) is 47.1 Å². The Bertz CT molecular complexity index is 1950. The fraction of sp³-hybridized carbons (Fsp3) is 0.172. The summed E-state index contributed by atoms with van der Waals surface area (Å²) < 4.78 is 12.7. The molecule has 1 aliphatic heterocycles. The number of carboxylic acids is 1. The van der Waals surface area contributed by atoms with Crippen molar-refractivity contribution in [1.29, 1.82) is 0 Å². The number of hydrogen-bond donors (Lipinski definition) is 1. The molecule has 2 aromatic carbocycles. The van der Waals surface area contributed by atoms with Gasteiger partial charge in [-0.05, 0) is 44.5 Å². The van der Waals surface area contributed by atoms with Crippen molar-refractivity contribution in [2.45, 2.75) is 26.8 Å². The molecule has 5 rings (SSSR count). The van der Waals surface area contributed by atoms with Gasteiger partial charge in [-0.1, -0.05) is 41.7 Å². The molecule has 1 aliphatic rings. The van der Waals surface area contributed by atoms with E-state index in [1.807, 2.05) is 0 Å². The minimum atomic E-state index is -1.10. The Kier molecular flexibility index (Phi) is 7.24. The van der Waals surface area contributed by atoms with E-state index >= 15 is 0 Å². The molecule has 4 aromatic rings. The number of allylic oxidation sites excluding steroid dienone is 1. The standard InChI is InChI=1S/C29H23N3O8S/c1-4-39-28(36)24-16(3)30-29-31(25(24)17-10-9-15(2)21(13-17)32(37)38)26(33)23(41-29)14-18-11-12-22(40-18)19-7-5-6-8-20(19)27(34)35/h5-14,25H,4H2,1-3H3,(H,34,35)/b23-14+/t25-/m0/s1. The van der Waals surface area contributed by atoms with Crippen LogP contribution >= 0.6 is 11.3 Å². The van der Waals surface area contributed by atoms with E-state index < -0.39 is 28.5 Å². The number of nitro benzene ring substituents is 1. The van der Waals surface area contributed by atoms with Crippen molar-refractivity contribution in [3.63, 3.8) is 0 Å². The van der Waals surface area contributed by atoms with Crippen LogP contribution in [-0.2, 0) is 9.53 Å². The van der Waals surface area contributed by atoms with Crippen LogP contribution in [0, 0.1) is 17.0 Å². The summed E-state index contributed by atoms with van der Waals surface area (Å²) in [5.74, 6) is -1.17. The maximum atomic E-state index is 13.8. The summed E-state index contributed by atoms with van der Waals surface area (Å²) in [4.78, 5) is 54.5. The molecule has 12 heteroatoms. The van der Waals surface area contributed by atoms with Gasteiger partial charge in [-0.25, -0.2) is 14.6 Å². The fourth-order valence-corrected chi connectivity index (χ4v) is 5.72. The largest absolute Gasteiger partial charge is 0.478 e. The number of carboxylic acid groups (broad SMARTS) is 1. The smallest absolute Gasteiger partial charge is 0.338 e. The van der Waals surface area contributed by atoms with Gasteiger partial charge in [0.25, 0.3) is 11.2 Å². The van der Waals surface area contributed by atoms with Crippen molar-refractivity contribution in [3.05, 3.63) is 118 Å². The van der Waals surface area contributed by atoms with E-state index in [9.17, 15) is 29.6 Å². The number of furan rings is 1. The van der Waals surface area contributed by atoms with Gasteiger partial charge in [-0.2, -0.15) is 0 Å². The number of nitro groups is 1. The summed E-state index contributed by atoms with van der Waals surface area (Å²) in [5.41, 5.74) is 1.05. The van der Waals surface area contributed by atoms with Gasteiger partial charge >= 0.3 is 11.9 Å². The van der Waals surface area contributed by atoms with Crippen LogP contribution in [0.3, 0.4) is 0 Å². The molecule has 1 N–H and O–H groups in total. The summed E-state index contributed by atoms with van der Waals surface area (Å²) in [6, 6.07) is 13.2. The number of nitrogens with zero attached hydrogens (tertiary/aromatic N) is 3. The Morgan fingerprint density at radius 3 is 2.66 bits per heavy atom. The van der Waals surface area contributed by atoms with Gasteiger partial charge in [0, 0.05) is 23.3 Å². The molecule has 1 atom stereocenters. The number of aromatic carboxylic acids is 1. The van der Waals surface area contributed by atoms with Crippen molar-refractivity contribution in [1.82, 2.24) is 4.57 Å². The lowest BCUT2D eigenvalue weighted by molar-refractivity contribution is -0.385. The molecule has 0 aliphatic carbocycles. The highest BCUT2D eigenvalue weighted by molar-refractivity contribution is 7.07. The summed E-state index contributed by atoms with van der Waals surface area (Å²) >= 11 is 1.07. The zero-order valence-corrected chi connectivity index (χ0v) is 22.9. The average Bonchev–Trinajstić information content (AvgIpc) is 3.52. The predicted octanol–water partition coefficient (Wildman–Crippen LogP) is 3.97. The first-order chi connectivity index (χ1) is 19.6. The zero-order valence-electron chi connectivity index (χ0n) is 22.1. The third-order valence-electron chi connectivity index (χ3n) is 6.59. The molecule has 0 unspecified atom stereocenters. The number of hydrogen-bond acceptors (Lipinski definition) is 9. The van der Waals surface area contributed by atoms with Gasteiger partial charge in [-0.3, -0.25) is 19.5 Å². The van der Waals surface area contributed by atoms with Crippen molar-refractivity contribution in [2.75, 3.05) is 6.61 Å². The summed E-state index contributed by atoms with van der Waals surface area (Å²) in [6.07, 6.45) is 1.51. The number of carbonyl (C=O) groups is 2. The first-order valence-electron chi connectivity index (χ1n) is 12.5. The van der Waals surface area contributed by atoms with Crippen LogP contribution in [0.5, 0.6) is 0 Å². The second-order valence-corrected chi connectivity index (χ2v) is 10.2. The molecule has 0 radical (unpaired) electrons. The normalized spacial score (nSPS) is 14.9. The molecule has 3 heterocycles. The number of fused-ring (bicyclic) bond motifs is 1. The van der Waals surface area contributed by atoms with Gasteiger partial charge in [0.15, 0.2) is 4.80 Å². The van der Waals surface area contributed by atoms with Crippen LogP contribution in [0.25, 0.3) is 17.4 Å². The zero-order chi connectivity index (χ0) is 29.4. The topological polar surface area (TPSA) is 154 Å². The van der Waals surface area contributed by atoms with Crippen molar-refractivity contribution in [3.8, 4) is 11.3 Å². The van der Waals surface area contributed by atoms with E-state index in [-0.39, 0.29) is 28.0 Å². The van der Waals surface area contributed by atoms with E-state index in [2.05, 4.69) is 4.99 Å². The summed E-state index contributed by atoms with van der Waals surface area (Å²) in [6.45, 7) is 4.97. The number of carbonyl (C=O) groups excluding carboxylic acids is 1. The second-order valence-electron chi connectivity index (χ2n) is 9.16. The van der Waals surface area contributed by atoms with E-state index in [1.165, 1.54) is 22.8 Å². The predicted molar refractivity (Wildman–Crippen MR) is 149 cm³/mol. The summed E-state index contributed by atoms with van der Waals surface area (Å²) in [5, 5.41) is 21.2. The minimum absolute atomic E-state index is 0.0712. The Morgan fingerprint density at radius 1 is 1.20 bits per heavy atom. The minimum Gasteiger partial charge on any atom is -0.478 e. The highest BCUT2D eigenvalue weighted by atomic mass is 32.1. The van der Waals surface area contributed by atoms with E-state index in [0.29, 0.717) is 38.7 Å². The Morgan fingerprint density at radius 2 is 1.95 bits per heavy atom. The number of benzene rings is 2. The number of esters is 1.